The highest BCUT2D eigenvalue weighted by atomic mass is 32.2. The average Bonchev–Trinajstić information content (AvgIpc) is 3.34. The molecule has 1 amide bonds. The number of nitrogens with zero attached hydrogens (tertiary/aromatic N) is 2. The normalized spacial score (nSPS) is 19.4. The van der Waals surface area contributed by atoms with Gasteiger partial charge in [-0.3, -0.25) is 4.79 Å². The van der Waals surface area contributed by atoms with E-state index in [0.717, 1.165) is 11.7 Å². The summed E-state index contributed by atoms with van der Waals surface area (Å²) in [5.41, 5.74) is 0.639. The molecule has 1 heterocycles. The number of carbonyl (C=O) groups is 1. The third kappa shape index (κ3) is 5.84. The molecular weight excluding hydrogens is 445 g/mol. The Morgan fingerprint density at radius 2 is 1.97 bits per heavy atom. The Morgan fingerprint density at radius 1 is 1.28 bits per heavy atom. The molecule has 0 saturated heterocycles. The molecule has 0 spiro atoms. The van der Waals surface area contributed by atoms with Crippen molar-refractivity contribution in [1.82, 2.24) is 15.3 Å². The predicted octanol–water partition coefficient (Wildman–Crippen LogP) is 3.41. The Morgan fingerprint density at radius 3 is 2.53 bits per heavy atom. The van der Waals surface area contributed by atoms with E-state index in [1.807, 2.05) is 0 Å². The molecular formula is C21H23F3N4O3S. The van der Waals surface area contributed by atoms with Gasteiger partial charge in [0.15, 0.2) is 9.84 Å². The number of nitrogens with one attached hydrogen (secondary N) is 2. The van der Waals surface area contributed by atoms with Crippen LogP contribution in [0.4, 0.5) is 19.0 Å². The second-order valence-electron chi connectivity index (χ2n) is 7.85. The lowest BCUT2D eigenvalue weighted by molar-refractivity contribution is 0.0937. The summed E-state index contributed by atoms with van der Waals surface area (Å²) in [4.78, 5) is 20.3. The van der Waals surface area contributed by atoms with Crippen molar-refractivity contribution in [2.45, 2.75) is 38.3 Å². The van der Waals surface area contributed by atoms with Crippen LogP contribution >= 0.6 is 0 Å². The van der Waals surface area contributed by atoms with E-state index < -0.39 is 45.5 Å². The number of benzene rings is 1. The molecule has 7 nitrogen and oxygen atoms in total. The van der Waals surface area contributed by atoms with E-state index >= 15 is 0 Å². The van der Waals surface area contributed by atoms with Crippen LogP contribution in [0.1, 0.15) is 41.0 Å². The van der Waals surface area contributed by atoms with Crippen LogP contribution in [0.5, 0.6) is 0 Å². The van der Waals surface area contributed by atoms with Gasteiger partial charge in [-0.25, -0.2) is 31.6 Å². The summed E-state index contributed by atoms with van der Waals surface area (Å²) in [7, 11) is -3.32. The van der Waals surface area contributed by atoms with Crippen LogP contribution in [0.3, 0.4) is 0 Å². The molecule has 0 unspecified atom stereocenters. The third-order valence-corrected chi connectivity index (χ3v) is 5.73. The second-order valence-corrected chi connectivity index (χ2v) is 9.79. The molecule has 32 heavy (non-hydrogen) atoms. The highest BCUT2D eigenvalue weighted by Gasteiger charge is 2.61. The second kappa shape index (κ2) is 8.89. The number of aromatic nitrogens is 2. The van der Waals surface area contributed by atoms with Crippen LogP contribution in [0.15, 0.2) is 42.1 Å². The minimum atomic E-state index is -3.32. The smallest absolute Gasteiger partial charge is 0.271 e. The van der Waals surface area contributed by atoms with E-state index in [4.69, 9.17) is 0 Å². The highest BCUT2D eigenvalue weighted by Crippen LogP contribution is 2.56. The molecule has 3 atom stereocenters. The first-order chi connectivity index (χ1) is 14.9. The maximum Gasteiger partial charge on any atom is 0.271 e. The summed E-state index contributed by atoms with van der Waals surface area (Å²) in [6.07, 6.45) is 4.43. The van der Waals surface area contributed by atoms with Crippen molar-refractivity contribution in [3.05, 3.63) is 64.7 Å². The SMILES string of the molecule is Cc1c(F)cccc1[C@H](Nc1cnc(C(=O)N[C@H](C)/C=C/S(C)(=O)=O)cn1)[C@@H]1CC1(F)F. The quantitative estimate of drug-likeness (QED) is 0.616. The molecule has 0 radical (unpaired) electrons. The van der Waals surface area contributed by atoms with Crippen LogP contribution in [-0.4, -0.2) is 42.5 Å². The Bertz CT molecular complexity index is 1140. The maximum absolute atomic E-state index is 14.0. The van der Waals surface area contributed by atoms with Gasteiger partial charge in [-0.1, -0.05) is 18.2 Å². The molecule has 1 fully saturated rings. The molecule has 1 aliphatic rings. The van der Waals surface area contributed by atoms with Crippen LogP contribution in [-0.2, 0) is 9.84 Å². The zero-order valence-corrected chi connectivity index (χ0v) is 18.5. The molecule has 1 saturated carbocycles. The van der Waals surface area contributed by atoms with Gasteiger partial charge in [-0.2, -0.15) is 0 Å². The Balaban J connectivity index is 1.73. The predicted molar refractivity (Wildman–Crippen MR) is 113 cm³/mol. The topological polar surface area (TPSA) is 101 Å². The van der Waals surface area contributed by atoms with Gasteiger partial charge in [0.1, 0.15) is 17.3 Å². The molecule has 172 valence electrons. The van der Waals surface area contributed by atoms with E-state index in [-0.39, 0.29) is 23.5 Å². The van der Waals surface area contributed by atoms with Crippen molar-refractivity contribution in [3.63, 3.8) is 0 Å². The number of carbonyl (C=O) groups excluding carboxylic acids is 1. The minimum absolute atomic E-state index is 0.0367. The van der Waals surface area contributed by atoms with Gasteiger partial charge in [0.25, 0.3) is 11.8 Å². The number of halogens is 3. The van der Waals surface area contributed by atoms with E-state index in [1.165, 1.54) is 37.5 Å². The van der Waals surface area contributed by atoms with Crippen molar-refractivity contribution in [2.24, 2.45) is 5.92 Å². The molecule has 1 aliphatic carbocycles. The van der Waals surface area contributed by atoms with Crippen molar-refractivity contribution in [1.29, 1.82) is 0 Å². The average molecular weight is 469 g/mol. The van der Waals surface area contributed by atoms with Gasteiger partial charge in [0.05, 0.1) is 24.4 Å². The lowest BCUT2D eigenvalue weighted by Crippen LogP contribution is -2.32. The molecule has 1 aromatic carbocycles. The first kappa shape index (κ1) is 23.7. The Labute approximate surface area is 184 Å². The van der Waals surface area contributed by atoms with Crippen LogP contribution < -0.4 is 10.6 Å². The number of alkyl halides is 2. The van der Waals surface area contributed by atoms with Gasteiger partial charge >= 0.3 is 0 Å². The lowest BCUT2D eigenvalue weighted by atomic mass is 9.97. The van der Waals surface area contributed by atoms with Gasteiger partial charge in [-0.05, 0) is 31.0 Å². The van der Waals surface area contributed by atoms with Crippen LogP contribution in [0.2, 0.25) is 0 Å². The van der Waals surface area contributed by atoms with E-state index in [0.29, 0.717) is 5.56 Å². The number of sulfone groups is 1. The first-order valence-corrected chi connectivity index (χ1v) is 11.7. The standard InChI is InChI=1S/C21H23F3N4O3S/c1-12(7-8-32(3,30)31)27-20(29)17-10-26-18(11-25-17)28-19(15-9-21(15,23)24)14-5-4-6-16(22)13(14)2/h4-8,10-12,15,19H,9H2,1-3H3,(H,26,28)(H,27,29)/b8-7+/t12-,15+,19+/m1/s1. The highest BCUT2D eigenvalue weighted by molar-refractivity contribution is 7.93. The minimum Gasteiger partial charge on any atom is -0.361 e. The van der Waals surface area contributed by atoms with Crippen molar-refractivity contribution < 1.29 is 26.4 Å². The summed E-state index contributed by atoms with van der Waals surface area (Å²) in [6.45, 7) is 3.11. The zero-order valence-electron chi connectivity index (χ0n) is 17.6. The van der Waals surface area contributed by atoms with E-state index in [9.17, 15) is 26.4 Å². The van der Waals surface area contributed by atoms with Crippen molar-refractivity contribution >= 4 is 21.6 Å². The van der Waals surface area contributed by atoms with Crippen molar-refractivity contribution in [2.75, 3.05) is 11.6 Å². The number of hydrogen-bond acceptors (Lipinski definition) is 6. The van der Waals surface area contributed by atoms with Gasteiger partial charge in [0, 0.05) is 24.1 Å². The first-order valence-electron chi connectivity index (χ1n) is 9.78. The van der Waals surface area contributed by atoms with E-state index in [2.05, 4.69) is 20.6 Å². The Kier molecular flexibility index (Phi) is 6.59. The number of rotatable bonds is 8. The molecule has 3 rings (SSSR count). The lowest BCUT2D eigenvalue weighted by Gasteiger charge is -2.21. The number of amides is 1. The third-order valence-electron chi connectivity index (χ3n) is 5.08. The fourth-order valence-electron chi connectivity index (χ4n) is 3.22. The summed E-state index contributed by atoms with van der Waals surface area (Å²) in [5.74, 6) is -4.80. The van der Waals surface area contributed by atoms with Gasteiger partial charge in [0.2, 0.25) is 0 Å². The molecule has 0 bridgehead atoms. The van der Waals surface area contributed by atoms with Crippen LogP contribution in [0.25, 0.3) is 0 Å². The summed E-state index contributed by atoms with van der Waals surface area (Å²) in [5, 5.41) is 6.43. The zero-order chi connectivity index (χ0) is 23.7. The van der Waals surface area contributed by atoms with E-state index in [1.54, 1.807) is 13.0 Å². The number of anilines is 1. The van der Waals surface area contributed by atoms with Crippen molar-refractivity contribution in [3.8, 4) is 0 Å². The van der Waals surface area contributed by atoms with Gasteiger partial charge in [-0.15, -0.1) is 0 Å². The van der Waals surface area contributed by atoms with Gasteiger partial charge < -0.3 is 10.6 Å². The molecule has 2 N–H and O–H groups in total. The Hall–Kier alpha value is -2.95. The number of hydrogen-bond donors (Lipinski definition) is 2. The molecule has 0 aliphatic heterocycles. The van der Waals surface area contributed by atoms with Crippen LogP contribution in [0, 0.1) is 18.7 Å². The fraction of sp³-hybridized carbons (Fsp3) is 0.381. The maximum atomic E-state index is 14.0. The molecule has 1 aromatic heterocycles. The molecule has 2 aromatic rings. The fourth-order valence-corrected chi connectivity index (χ4v) is 3.74. The monoisotopic (exact) mass is 468 g/mol. The largest absolute Gasteiger partial charge is 0.361 e. The summed E-state index contributed by atoms with van der Waals surface area (Å²) in [6, 6.07) is 2.86. The summed E-state index contributed by atoms with van der Waals surface area (Å²) >= 11 is 0. The molecule has 11 heteroatoms. The summed E-state index contributed by atoms with van der Waals surface area (Å²) < 4.78 is 64.0.